The van der Waals surface area contributed by atoms with Crippen molar-refractivity contribution in [1.29, 1.82) is 0 Å². The highest BCUT2D eigenvalue weighted by Crippen LogP contribution is 2.34. The van der Waals surface area contributed by atoms with Gasteiger partial charge in [0.15, 0.2) is 11.6 Å². The second kappa shape index (κ2) is 5.81. The zero-order chi connectivity index (χ0) is 15.6. The Labute approximate surface area is 123 Å². The monoisotopic (exact) mass is 319 g/mol. The summed E-state index contributed by atoms with van der Waals surface area (Å²) < 4.78 is 50.6. The third-order valence-electron chi connectivity index (χ3n) is 2.84. The molecule has 0 amide bonds. The first kappa shape index (κ1) is 15.4. The fraction of sp³-hybridized carbons (Fsp3) is 0.143. The van der Waals surface area contributed by atoms with E-state index in [2.05, 4.69) is 5.32 Å². The lowest BCUT2D eigenvalue weighted by Crippen LogP contribution is -2.06. The number of phenols is 1. The Hall–Kier alpha value is -1.95. The molecule has 2 nitrogen and oxygen atoms in total. The maximum atomic E-state index is 13.1. The number of rotatable bonds is 3. The molecule has 0 aromatic heterocycles. The van der Waals surface area contributed by atoms with Gasteiger partial charge in [0, 0.05) is 12.1 Å². The minimum Gasteiger partial charge on any atom is -0.505 e. The van der Waals surface area contributed by atoms with Crippen molar-refractivity contribution in [1.82, 2.24) is 0 Å². The molecule has 0 saturated heterocycles. The molecule has 0 unspecified atom stereocenters. The van der Waals surface area contributed by atoms with E-state index in [1.807, 2.05) is 0 Å². The molecule has 2 rings (SSSR count). The summed E-state index contributed by atoms with van der Waals surface area (Å²) in [5, 5.41) is 12.1. The summed E-state index contributed by atoms with van der Waals surface area (Å²) in [5.41, 5.74) is -0.328. The van der Waals surface area contributed by atoms with E-state index in [1.165, 1.54) is 18.2 Å². The molecule has 2 aromatic rings. The van der Waals surface area contributed by atoms with Crippen LogP contribution in [0, 0.1) is 5.82 Å². The zero-order valence-electron chi connectivity index (χ0n) is 10.5. The minimum absolute atomic E-state index is 0.0225. The number of alkyl halides is 3. The number of hydrogen-bond donors (Lipinski definition) is 2. The summed E-state index contributed by atoms with van der Waals surface area (Å²) in [6, 6.07) is 6.88. The highest BCUT2D eigenvalue weighted by atomic mass is 35.5. The van der Waals surface area contributed by atoms with Crippen molar-refractivity contribution < 1.29 is 22.7 Å². The second-order valence-electron chi connectivity index (χ2n) is 4.29. The standard InChI is InChI=1S/C14H10ClF4NO/c15-10-6-9(14(17,18)19)4-5-12(10)20-7-8-2-1-3-11(16)13(8)21/h1-6,20-21H,7H2. The maximum Gasteiger partial charge on any atom is 0.416 e. The van der Waals surface area contributed by atoms with E-state index in [0.717, 1.165) is 18.2 Å². The normalized spacial score (nSPS) is 11.5. The first-order valence-corrected chi connectivity index (χ1v) is 6.24. The van der Waals surface area contributed by atoms with Crippen LogP contribution < -0.4 is 5.32 Å². The van der Waals surface area contributed by atoms with E-state index in [-0.39, 0.29) is 22.8 Å². The predicted octanol–water partition coefficient (Wildman–Crippen LogP) is 4.82. The van der Waals surface area contributed by atoms with Crippen LogP contribution in [0.3, 0.4) is 0 Å². The van der Waals surface area contributed by atoms with Crippen LogP contribution in [0.5, 0.6) is 5.75 Å². The summed E-state index contributed by atoms with van der Waals surface area (Å²) in [5.74, 6) is -1.28. The zero-order valence-corrected chi connectivity index (χ0v) is 11.3. The Morgan fingerprint density at radius 1 is 1.14 bits per heavy atom. The van der Waals surface area contributed by atoms with Gasteiger partial charge in [-0.15, -0.1) is 0 Å². The summed E-state index contributed by atoms with van der Waals surface area (Å²) in [7, 11) is 0. The van der Waals surface area contributed by atoms with E-state index < -0.39 is 23.3 Å². The third-order valence-corrected chi connectivity index (χ3v) is 3.15. The van der Waals surface area contributed by atoms with Crippen LogP contribution in [-0.4, -0.2) is 5.11 Å². The Morgan fingerprint density at radius 2 is 1.86 bits per heavy atom. The van der Waals surface area contributed by atoms with Crippen molar-refractivity contribution in [3.8, 4) is 5.75 Å². The molecular formula is C14H10ClF4NO. The molecule has 0 radical (unpaired) electrons. The van der Waals surface area contributed by atoms with Crippen LogP contribution in [0.25, 0.3) is 0 Å². The molecule has 2 N–H and O–H groups in total. The topological polar surface area (TPSA) is 32.3 Å². The number of anilines is 1. The van der Waals surface area contributed by atoms with Crippen molar-refractivity contribution >= 4 is 17.3 Å². The second-order valence-corrected chi connectivity index (χ2v) is 4.70. The van der Waals surface area contributed by atoms with Gasteiger partial charge in [-0.25, -0.2) is 4.39 Å². The van der Waals surface area contributed by atoms with Crippen molar-refractivity contribution in [3.63, 3.8) is 0 Å². The van der Waals surface area contributed by atoms with Crippen molar-refractivity contribution in [3.05, 3.63) is 58.4 Å². The number of hydrogen-bond acceptors (Lipinski definition) is 2. The van der Waals surface area contributed by atoms with Crippen LogP contribution in [0.1, 0.15) is 11.1 Å². The molecule has 0 aliphatic heterocycles. The van der Waals surface area contributed by atoms with Gasteiger partial charge < -0.3 is 10.4 Å². The van der Waals surface area contributed by atoms with Gasteiger partial charge in [0.25, 0.3) is 0 Å². The summed E-state index contributed by atoms with van der Waals surface area (Å²) in [6.45, 7) is 0.0225. The molecule has 21 heavy (non-hydrogen) atoms. The molecule has 112 valence electrons. The molecule has 0 heterocycles. The molecule has 0 fully saturated rings. The van der Waals surface area contributed by atoms with E-state index in [9.17, 15) is 22.7 Å². The number of aromatic hydroxyl groups is 1. The van der Waals surface area contributed by atoms with Gasteiger partial charge in [-0.3, -0.25) is 0 Å². The molecule has 7 heteroatoms. The molecule has 0 aliphatic rings. The molecule has 2 aromatic carbocycles. The van der Waals surface area contributed by atoms with Crippen molar-refractivity contribution in [2.24, 2.45) is 0 Å². The summed E-state index contributed by atoms with van der Waals surface area (Å²) >= 11 is 5.77. The van der Waals surface area contributed by atoms with Gasteiger partial charge in [-0.1, -0.05) is 23.7 Å². The number of para-hydroxylation sites is 1. The molecule has 0 atom stereocenters. The lowest BCUT2D eigenvalue weighted by molar-refractivity contribution is -0.137. The van der Waals surface area contributed by atoms with E-state index in [1.54, 1.807) is 0 Å². The average molecular weight is 320 g/mol. The van der Waals surface area contributed by atoms with Crippen LogP contribution >= 0.6 is 11.6 Å². The Bertz CT molecular complexity index is 658. The van der Waals surface area contributed by atoms with E-state index in [4.69, 9.17) is 11.6 Å². The smallest absolute Gasteiger partial charge is 0.416 e. The van der Waals surface area contributed by atoms with Gasteiger partial charge in [0.05, 0.1) is 16.3 Å². The van der Waals surface area contributed by atoms with Crippen molar-refractivity contribution in [2.45, 2.75) is 12.7 Å². The van der Waals surface area contributed by atoms with Crippen LogP contribution in [0.15, 0.2) is 36.4 Å². The van der Waals surface area contributed by atoms with Gasteiger partial charge in [-0.2, -0.15) is 13.2 Å². The number of phenolic OH excluding ortho intramolecular Hbond substituents is 1. The van der Waals surface area contributed by atoms with E-state index >= 15 is 0 Å². The van der Waals surface area contributed by atoms with E-state index in [0.29, 0.717) is 0 Å². The Morgan fingerprint density at radius 3 is 2.48 bits per heavy atom. The molecule has 0 aliphatic carbocycles. The first-order chi connectivity index (χ1) is 9.79. The van der Waals surface area contributed by atoms with Crippen LogP contribution in [0.2, 0.25) is 5.02 Å². The quantitative estimate of drug-likeness (QED) is 0.795. The number of nitrogens with one attached hydrogen (secondary N) is 1. The number of halogens is 5. The number of benzene rings is 2. The predicted molar refractivity (Wildman–Crippen MR) is 71.8 cm³/mol. The maximum absolute atomic E-state index is 13.1. The highest BCUT2D eigenvalue weighted by molar-refractivity contribution is 6.33. The van der Waals surface area contributed by atoms with Crippen LogP contribution in [0.4, 0.5) is 23.2 Å². The Kier molecular flexibility index (Phi) is 4.27. The molecular weight excluding hydrogens is 310 g/mol. The van der Waals surface area contributed by atoms with Crippen LogP contribution in [-0.2, 0) is 12.7 Å². The molecule has 0 spiro atoms. The lowest BCUT2D eigenvalue weighted by atomic mass is 10.1. The third kappa shape index (κ3) is 3.58. The van der Waals surface area contributed by atoms with Crippen molar-refractivity contribution in [2.75, 3.05) is 5.32 Å². The lowest BCUT2D eigenvalue weighted by Gasteiger charge is -2.12. The average Bonchev–Trinajstić information content (AvgIpc) is 2.40. The SMILES string of the molecule is Oc1c(F)cccc1CNc1ccc(C(F)(F)F)cc1Cl. The minimum atomic E-state index is -4.47. The van der Waals surface area contributed by atoms with Gasteiger partial charge in [-0.05, 0) is 24.3 Å². The van der Waals surface area contributed by atoms with Gasteiger partial charge >= 0.3 is 6.18 Å². The van der Waals surface area contributed by atoms with Gasteiger partial charge in [0.2, 0.25) is 0 Å². The summed E-state index contributed by atoms with van der Waals surface area (Å²) in [4.78, 5) is 0. The van der Waals surface area contributed by atoms with Gasteiger partial charge in [0.1, 0.15) is 0 Å². The fourth-order valence-electron chi connectivity index (χ4n) is 1.73. The fourth-order valence-corrected chi connectivity index (χ4v) is 1.98. The molecule has 0 bridgehead atoms. The largest absolute Gasteiger partial charge is 0.505 e. The summed E-state index contributed by atoms with van der Waals surface area (Å²) in [6.07, 6.45) is -4.47. The Balaban J connectivity index is 2.16. The molecule has 0 saturated carbocycles. The first-order valence-electron chi connectivity index (χ1n) is 5.86. The highest BCUT2D eigenvalue weighted by Gasteiger charge is 2.30.